The van der Waals surface area contributed by atoms with Crippen LogP contribution < -0.4 is 11.1 Å². The van der Waals surface area contributed by atoms with Gasteiger partial charge in [-0.1, -0.05) is 5.16 Å². The Hall–Kier alpha value is -2.05. The first-order valence-corrected chi connectivity index (χ1v) is 4.54. The van der Waals surface area contributed by atoms with Gasteiger partial charge in [0, 0.05) is 26.2 Å². The average Bonchev–Trinajstić information content (AvgIpc) is 2.77. The normalized spacial score (nSPS) is 10.5. The lowest BCUT2D eigenvalue weighted by Crippen LogP contribution is -2.07. The molecule has 7 heteroatoms. The molecule has 0 spiro atoms. The van der Waals surface area contributed by atoms with E-state index in [2.05, 4.69) is 25.1 Å². The molecule has 0 aliphatic heterocycles. The monoisotopic (exact) mass is 208 g/mol. The van der Waals surface area contributed by atoms with Crippen molar-refractivity contribution in [1.82, 2.24) is 19.9 Å². The molecule has 0 aliphatic rings. The van der Waals surface area contributed by atoms with Crippen molar-refractivity contribution in [1.29, 1.82) is 0 Å². The highest BCUT2D eigenvalue weighted by molar-refractivity contribution is 5.59. The van der Waals surface area contributed by atoms with E-state index in [0.717, 1.165) is 0 Å². The first kappa shape index (κ1) is 9.50. The maximum absolute atomic E-state index is 5.71. The summed E-state index contributed by atoms with van der Waals surface area (Å²) in [4.78, 5) is 3.90. The molecule has 2 aromatic rings. The minimum Gasteiger partial charge on any atom is -0.394 e. The molecule has 15 heavy (non-hydrogen) atoms. The minimum absolute atomic E-state index is 0.630. The van der Waals surface area contributed by atoms with Crippen molar-refractivity contribution < 1.29 is 4.52 Å². The summed E-state index contributed by atoms with van der Waals surface area (Å²) in [6.07, 6.45) is 3.73. The number of aromatic nitrogens is 4. The van der Waals surface area contributed by atoms with Gasteiger partial charge in [0.05, 0.1) is 5.69 Å². The molecule has 7 nitrogen and oxygen atoms in total. The van der Waals surface area contributed by atoms with Crippen LogP contribution >= 0.6 is 0 Å². The molecule has 0 fully saturated rings. The molecule has 0 saturated heterocycles. The highest BCUT2D eigenvalue weighted by Gasteiger charge is 2.03. The number of rotatable bonds is 4. The van der Waals surface area contributed by atoms with Crippen LogP contribution in [0, 0.1) is 0 Å². The maximum atomic E-state index is 5.71. The zero-order chi connectivity index (χ0) is 10.7. The summed E-state index contributed by atoms with van der Waals surface area (Å²) in [6.45, 7) is 0.667. The van der Waals surface area contributed by atoms with Crippen LogP contribution in [0.5, 0.6) is 0 Å². The van der Waals surface area contributed by atoms with Gasteiger partial charge in [0.25, 0.3) is 0 Å². The topological polar surface area (TPSA) is 94.8 Å². The number of anilines is 2. The Morgan fingerprint density at radius 1 is 1.60 bits per heavy atom. The lowest BCUT2D eigenvalue weighted by molar-refractivity contribution is 0.410. The fourth-order valence-corrected chi connectivity index (χ4v) is 1.24. The number of hydrogen-bond acceptors (Lipinski definition) is 6. The summed E-state index contributed by atoms with van der Waals surface area (Å²) in [7, 11) is 1.82. The second-order valence-electron chi connectivity index (χ2n) is 3.13. The van der Waals surface area contributed by atoms with E-state index in [1.165, 1.54) is 6.39 Å². The molecule has 80 valence electrons. The predicted octanol–water partition coefficient (Wildman–Crippen LogP) is 0.0399. The first-order chi connectivity index (χ1) is 7.25. The Bertz CT molecular complexity index is 420. The van der Waals surface area contributed by atoms with Gasteiger partial charge in [-0.15, -0.1) is 0 Å². The molecule has 3 N–H and O–H groups in total. The summed E-state index contributed by atoms with van der Waals surface area (Å²) in [6, 6.07) is 0. The van der Waals surface area contributed by atoms with E-state index in [-0.39, 0.29) is 0 Å². The van der Waals surface area contributed by atoms with Crippen LogP contribution in [-0.2, 0) is 13.5 Å². The summed E-state index contributed by atoms with van der Waals surface area (Å²) in [5, 5.41) is 10.9. The van der Waals surface area contributed by atoms with Gasteiger partial charge in [0.2, 0.25) is 6.39 Å². The summed E-state index contributed by atoms with van der Waals surface area (Å²) in [5.74, 6) is 1.35. The fourth-order valence-electron chi connectivity index (χ4n) is 1.24. The van der Waals surface area contributed by atoms with E-state index < -0.39 is 0 Å². The van der Waals surface area contributed by atoms with Crippen molar-refractivity contribution in [2.75, 3.05) is 17.6 Å². The third-order valence-corrected chi connectivity index (χ3v) is 1.91. The third-order valence-electron chi connectivity index (χ3n) is 1.91. The zero-order valence-corrected chi connectivity index (χ0v) is 8.34. The van der Waals surface area contributed by atoms with Crippen LogP contribution in [0.25, 0.3) is 0 Å². The lowest BCUT2D eigenvalue weighted by atomic mass is 10.4. The number of nitrogens with two attached hydrogens (primary N) is 1. The predicted molar refractivity (Wildman–Crippen MR) is 54.1 cm³/mol. The van der Waals surface area contributed by atoms with E-state index in [9.17, 15) is 0 Å². The highest BCUT2D eigenvalue weighted by atomic mass is 16.5. The molecule has 0 bridgehead atoms. The van der Waals surface area contributed by atoms with Crippen molar-refractivity contribution in [3.05, 3.63) is 18.4 Å². The minimum atomic E-state index is 0.630. The van der Waals surface area contributed by atoms with Gasteiger partial charge < -0.3 is 15.6 Å². The second-order valence-corrected chi connectivity index (χ2v) is 3.13. The van der Waals surface area contributed by atoms with Crippen LogP contribution in [0.3, 0.4) is 0 Å². The molecule has 0 unspecified atom stereocenters. The smallest absolute Gasteiger partial charge is 0.213 e. The molecular formula is C8H12N6O. The number of nitrogens with one attached hydrogen (secondary N) is 1. The second kappa shape index (κ2) is 3.99. The third kappa shape index (κ3) is 2.25. The van der Waals surface area contributed by atoms with Crippen molar-refractivity contribution in [2.45, 2.75) is 6.42 Å². The highest BCUT2D eigenvalue weighted by Crippen LogP contribution is 2.13. The molecule has 0 aromatic carbocycles. The van der Waals surface area contributed by atoms with E-state index in [0.29, 0.717) is 30.3 Å². The lowest BCUT2D eigenvalue weighted by Gasteiger charge is -2.00. The van der Waals surface area contributed by atoms with Gasteiger partial charge in [-0.2, -0.15) is 10.1 Å². The van der Waals surface area contributed by atoms with Crippen LogP contribution in [0.15, 0.2) is 17.1 Å². The van der Waals surface area contributed by atoms with E-state index in [4.69, 9.17) is 5.73 Å². The number of nitrogens with zero attached hydrogens (tertiary/aromatic N) is 4. The maximum Gasteiger partial charge on any atom is 0.213 e. The van der Waals surface area contributed by atoms with Crippen LogP contribution in [-0.4, -0.2) is 26.5 Å². The first-order valence-electron chi connectivity index (χ1n) is 4.54. The average molecular weight is 208 g/mol. The molecule has 0 aliphatic carbocycles. The number of hydrogen-bond donors (Lipinski definition) is 2. The summed E-state index contributed by atoms with van der Waals surface area (Å²) in [5.41, 5.74) is 6.34. The molecule has 0 saturated carbocycles. The molecule has 2 rings (SSSR count). The van der Waals surface area contributed by atoms with Crippen molar-refractivity contribution in [3.8, 4) is 0 Å². The quantitative estimate of drug-likeness (QED) is 0.736. The Labute approximate surface area is 86.3 Å². The van der Waals surface area contributed by atoms with Gasteiger partial charge in [0.1, 0.15) is 0 Å². The Balaban J connectivity index is 1.86. The molecule has 0 atom stereocenters. The van der Waals surface area contributed by atoms with Crippen LogP contribution in [0.2, 0.25) is 0 Å². The SMILES string of the molecule is Cn1cc(N)c(NCCc2ncon2)n1. The largest absolute Gasteiger partial charge is 0.394 e. The molecule has 2 heterocycles. The Kier molecular flexibility index (Phi) is 2.53. The molecular weight excluding hydrogens is 196 g/mol. The van der Waals surface area contributed by atoms with Gasteiger partial charge in [-0.25, -0.2) is 0 Å². The number of nitrogen functional groups attached to an aromatic ring is 1. The van der Waals surface area contributed by atoms with Gasteiger partial charge >= 0.3 is 0 Å². The summed E-state index contributed by atoms with van der Waals surface area (Å²) < 4.78 is 6.27. The summed E-state index contributed by atoms with van der Waals surface area (Å²) >= 11 is 0. The van der Waals surface area contributed by atoms with Crippen LogP contribution in [0.4, 0.5) is 11.5 Å². The standard InChI is InChI=1S/C8H12N6O/c1-14-4-6(9)8(12-14)10-3-2-7-11-5-15-13-7/h4-5H,2-3,9H2,1H3,(H,10,12). The fraction of sp³-hybridized carbons (Fsp3) is 0.375. The Morgan fingerprint density at radius 2 is 2.47 bits per heavy atom. The molecule has 0 radical (unpaired) electrons. The molecule has 0 amide bonds. The van der Waals surface area contributed by atoms with Gasteiger partial charge in [-0.3, -0.25) is 4.68 Å². The van der Waals surface area contributed by atoms with Crippen molar-refractivity contribution in [3.63, 3.8) is 0 Å². The van der Waals surface area contributed by atoms with Gasteiger partial charge in [0.15, 0.2) is 11.6 Å². The number of aryl methyl sites for hydroxylation is 1. The Morgan fingerprint density at radius 3 is 3.07 bits per heavy atom. The van der Waals surface area contributed by atoms with E-state index in [1.807, 2.05) is 7.05 Å². The molecule has 2 aromatic heterocycles. The van der Waals surface area contributed by atoms with Crippen LogP contribution in [0.1, 0.15) is 5.82 Å². The van der Waals surface area contributed by atoms with E-state index >= 15 is 0 Å². The van der Waals surface area contributed by atoms with Gasteiger partial charge in [-0.05, 0) is 0 Å². The zero-order valence-electron chi connectivity index (χ0n) is 8.34. The van der Waals surface area contributed by atoms with Crippen molar-refractivity contribution >= 4 is 11.5 Å². The van der Waals surface area contributed by atoms with Crippen molar-refractivity contribution in [2.24, 2.45) is 7.05 Å². The van der Waals surface area contributed by atoms with E-state index in [1.54, 1.807) is 10.9 Å².